The van der Waals surface area contributed by atoms with E-state index in [9.17, 15) is 14.4 Å². The third kappa shape index (κ3) is 4.64. The van der Waals surface area contributed by atoms with Crippen LogP contribution in [0.5, 0.6) is 0 Å². The maximum atomic E-state index is 12.6. The number of hydrogen-bond donors (Lipinski definition) is 1. The molecular weight excluding hydrogens is 358 g/mol. The first-order valence-electron chi connectivity index (χ1n) is 9.87. The average molecular weight is 387 g/mol. The lowest BCUT2D eigenvalue weighted by molar-refractivity contribution is -0.143. The molecule has 0 aromatic heterocycles. The molecule has 1 aromatic carbocycles. The molecule has 2 fully saturated rings. The number of likely N-dealkylation sites (tertiary alicyclic amines) is 2. The zero-order valence-corrected chi connectivity index (χ0v) is 16.6. The van der Waals surface area contributed by atoms with E-state index in [4.69, 9.17) is 0 Å². The summed E-state index contributed by atoms with van der Waals surface area (Å²) in [5, 5.41) is 2.53. The van der Waals surface area contributed by atoms with Gasteiger partial charge in [-0.3, -0.25) is 9.59 Å². The highest BCUT2D eigenvalue weighted by molar-refractivity contribution is 5.85. The van der Waals surface area contributed by atoms with Crippen molar-refractivity contribution in [1.82, 2.24) is 15.1 Å². The van der Waals surface area contributed by atoms with Crippen LogP contribution in [0.3, 0.4) is 0 Å². The zero-order valence-electron chi connectivity index (χ0n) is 16.6. The predicted molar refractivity (Wildman–Crippen MR) is 104 cm³/mol. The van der Waals surface area contributed by atoms with Gasteiger partial charge >= 0.3 is 6.09 Å². The van der Waals surface area contributed by atoms with E-state index in [-0.39, 0.29) is 17.2 Å². The van der Waals surface area contributed by atoms with Crippen molar-refractivity contribution < 1.29 is 19.1 Å². The third-order valence-corrected chi connectivity index (χ3v) is 5.99. The smallest absolute Gasteiger partial charge is 0.407 e. The molecule has 0 saturated carbocycles. The molecule has 2 aliphatic rings. The summed E-state index contributed by atoms with van der Waals surface area (Å²) in [5.74, 6) is 0.122. The van der Waals surface area contributed by atoms with E-state index in [1.807, 2.05) is 40.1 Å². The Morgan fingerprint density at radius 1 is 1.18 bits per heavy atom. The van der Waals surface area contributed by atoms with Gasteiger partial charge in [-0.05, 0) is 37.2 Å². The molecule has 0 unspecified atom stereocenters. The summed E-state index contributed by atoms with van der Waals surface area (Å²) in [6.07, 6.45) is 2.61. The number of carbonyl (C=O) groups excluding carboxylic acids is 3. The molecule has 3 amide bonds. The fourth-order valence-corrected chi connectivity index (χ4v) is 4.23. The number of nitrogens with zero attached hydrogens (tertiary/aromatic N) is 2. The molecule has 7 heteroatoms. The largest absolute Gasteiger partial charge is 0.453 e. The van der Waals surface area contributed by atoms with Crippen molar-refractivity contribution in [2.75, 3.05) is 26.7 Å². The summed E-state index contributed by atoms with van der Waals surface area (Å²) in [6.45, 7) is 4.37. The zero-order chi connectivity index (χ0) is 20.1. The molecule has 2 heterocycles. The van der Waals surface area contributed by atoms with Gasteiger partial charge in [-0.25, -0.2) is 4.79 Å². The molecular formula is C21H29N3O4. The first kappa shape index (κ1) is 20.2. The molecule has 0 radical (unpaired) electrons. The fraction of sp³-hybridized carbons (Fsp3) is 0.571. The van der Waals surface area contributed by atoms with E-state index in [0.29, 0.717) is 26.1 Å². The molecule has 152 valence electrons. The molecule has 1 atom stereocenters. The maximum absolute atomic E-state index is 12.6. The minimum absolute atomic E-state index is 0.0818. The SMILES string of the molecule is COC(=O)N[C@@H](C)C(=O)N1CCC2(CCC(=O)N(Cc3ccccc3)C2)CC1. The van der Waals surface area contributed by atoms with Crippen molar-refractivity contribution >= 4 is 17.9 Å². The number of methoxy groups -OCH3 is 1. The minimum atomic E-state index is -0.607. The maximum Gasteiger partial charge on any atom is 0.407 e. The normalized spacial score (nSPS) is 20.0. The van der Waals surface area contributed by atoms with Crippen LogP contribution in [0.4, 0.5) is 4.79 Å². The molecule has 1 N–H and O–H groups in total. The lowest BCUT2D eigenvalue weighted by Gasteiger charge is -2.47. The highest BCUT2D eigenvalue weighted by Gasteiger charge is 2.42. The Hall–Kier alpha value is -2.57. The molecule has 7 nitrogen and oxygen atoms in total. The number of ether oxygens (including phenoxy) is 1. The van der Waals surface area contributed by atoms with Gasteiger partial charge in [0.2, 0.25) is 11.8 Å². The average Bonchev–Trinajstić information content (AvgIpc) is 2.71. The second-order valence-electron chi connectivity index (χ2n) is 7.92. The Labute approximate surface area is 166 Å². The van der Waals surface area contributed by atoms with Crippen molar-refractivity contribution in [3.63, 3.8) is 0 Å². The van der Waals surface area contributed by atoms with Crippen LogP contribution < -0.4 is 5.32 Å². The highest BCUT2D eigenvalue weighted by Crippen LogP contribution is 2.40. The summed E-state index contributed by atoms with van der Waals surface area (Å²) < 4.78 is 4.56. The lowest BCUT2D eigenvalue weighted by atomic mass is 9.72. The first-order valence-corrected chi connectivity index (χ1v) is 9.87. The van der Waals surface area contributed by atoms with Crippen LogP contribution in [-0.4, -0.2) is 60.5 Å². The van der Waals surface area contributed by atoms with E-state index in [2.05, 4.69) is 10.1 Å². The Morgan fingerprint density at radius 2 is 1.86 bits per heavy atom. The molecule has 28 heavy (non-hydrogen) atoms. The van der Waals surface area contributed by atoms with Crippen LogP contribution in [0.1, 0.15) is 38.2 Å². The van der Waals surface area contributed by atoms with Gasteiger partial charge in [-0.1, -0.05) is 30.3 Å². The van der Waals surface area contributed by atoms with Gasteiger partial charge in [0.1, 0.15) is 6.04 Å². The van der Waals surface area contributed by atoms with Crippen molar-refractivity contribution in [2.45, 2.75) is 45.2 Å². The van der Waals surface area contributed by atoms with Crippen LogP contribution in [0, 0.1) is 5.41 Å². The number of alkyl carbamates (subject to hydrolysis) is 1. The number of nitrogens with one attached hydrogen (secondary N) is 1. The molecule has 0 aliphatic carbocycles. The summed E-state index contributed by atoms with van der Waals surface area (Å²) in [7, 11) is 1.28. The number of benzene rings is 1. The van der Waals surface area contributed by atoms with Crippen LogP contribution in [0.2, 0.25) is 0 Å². The number of rotatable bonds is 4. The number of carbonyl (C=O) groups is 3. The second kappa shape index (κ2) is 8.63. The summed E-state index contributed by atoms with van der Waals surface area (Å²) in [6, 6.07) is 9.45. The van der Waals surface area contributed by atoms with Gasteiger partial charge in [0, 0.05) is 32.6 Å². The Bertz CT molecular complexity index is 714. The van der Waals surface area contributed by atoms with E-state index >= 15 is 0 Å². The summed E-state index contributed by atoms with van der Waals surface area (Å²) in [4.78, 5) is 40.1. The van der Waals surface area contributed by atoms with Crippen LogP contribution >= 0.6 is 0 Å². The number of piperidine rings is 2. The van der Waals surface area contributed by atoms with Gasteiger partial charge in [-0.15, -0.1) is 0 Å². The van der Waals surface area contributed by atoms with Crippen molar-refractivity contribution in [2.24, 2.45) is 5.41 Å². The van der Waals surface area contributed by atoms with Gasteiger partial charge in [0.05, 0.1) is 7.11 Å². The topological polar surface area (TPSA) is 79.0 Å². The Morgan fingerprint density at radius 3 is 2.50 bits per heavy atom. The van der Waals surface area contributed by atoms with Crippen LogP contribution in [-0.2, 0) is 20.9 Å². The quantitative estimate of drug-likeness (QED) is 0.859. The molecule has 2 saturated heterocycles. The number of hydrogen-bond acceptors (Lipinski definition) is 4. The predicted octanol–water partition coefficient (Wildman–Crippen LogP) is 2.16. The van der Waals surface area contributed by atoms with Crippen LogP contribution in [0.25, 0.3) is 0 Å². The van der Waals surface area contributed by atoms with E-state index < -0.39 is 12.1 Å². The second-order valence-corrected chi connectivity index (χ2v) is 7.92. The van der Waals surface area contributed by atoms with E-state index in [1.165, 1.54) is 7.11 Å². The van der Waals surface area contributed by atoms with Gasteiger partial charge in [0.25, 0.3) is 0 Å². The summed E-state index contributed by atoms with van der Waals surface area (Å²) >= 11 is 0. The van der Waals surface area contributed by atoms with Crippen molar-refractivity contribution in [3.8, 4) is 0 Å². The standard InChI is InChI=1S/C21H29N3O4/c1-16(22-20(27)28-2)19(26)23-12-10-21(11-13-23)9-8-18(25)24(15-21)14-17-6-4-3-5-7-17/h3-7,16H,8-15H2,1-2H3,(H,22,27)/t16-/m0/s1. The molecule has 0 bridgehead atoms. The van der Waals surface area contributed by atoms with E-state index in [1.54, 1.807) is 6.92 Å². The van der Waals surface area contributed by atoms with E-state index in [0.717, 1.165) is 31.4 Å². The monoisotopic (exact) mass is 387 g/mol. The lowest BCUT2D eigenvalue weighted by Crippen LogP contribution is -2.54. The summed E-state index contributed by atoms with van der Waals surface area (Å²) in [5.41, 5.74) is 1.22. The first-order chi connectivity index (χ1) is 13.4. The molecule has 1 aromatic rings. The van der Waals surface area contributed by atoms with Gasteiger partial charge in [0.15, 0.2) is 0 Å². The Balaban J connectivity index is 1.57. The number of amides is 3. The van der Waals surface area contributed by atoms with Crippen LogP contribution in [0.15, 0.2) is 30.3 Å². The highest BCUT2D eigenvalue weighted by atomic mass is 16.5. The van der Waals surface area contributed by atoms with Gasteiger partial charge < -0.3 is 19.9 Å². The Kier molecular flexibility index (Phi) is 6.21. The minimum Gasteiger partial charge on any atom is -0.453 e. The van der Waals surface area contributed by atoms with Crippen molar-refractivity contribution in [3.05, 3.63) is 35.9 Å². The molecule has 2 aliphatic heterocycles. The fourth-order valence-electron chi connectivity index (χ4n) is 4.23. The molecule has 3 rings (SSSR count). The van der Waals surface area contributed by atoms with Gasteiger partial charge in [-0.2, -0.15) is 0 Å². The molecule has 1 spiro atoms. The van der Waals surface area contributed by atoms with Crippen molar-refractivity contribution in [1.29, 1.82) is 0 Å². The third-order valence-electron chi connectivity index (χ3n) is 5.99.